The van der Waals surface area contributed by atoms with Crippen molar-refractivity contribution >= 4 is 23.5 Å². The molecule has 0 bridgehead atoms. The minimum Gasteiger partial charge on any atom is -0.480 e. The fourth-order valence-corrected chi connectivity index (χ4v) is 2.52. The number of hydrogen-bond acceptors (Lipinski definition) is 3. The first-order chi connectivity index (χ1) is 11.3. The molecule has 0 spiro atoms. The van der Waals surface area contributed by atoms with Crippen LogP contribution < -0.4 is 0 Å². The van der Waals surface area contributed by atoms with Crippen molar-refractivity contribution in [3.05, 3.63) is 46.7 Å². The number of aromatic nitrogens is 2. The average Bonchev–Trinajstić information content (AvgIpc) is 2.87. The standard InChI is InChI=1S/C17H20ClN3O3/c1-11(2)8-20(10-16(22)23)17(24)15-9-21(19-12(15)3)14-6-4-13(18)5-7-14/h4-7,9,11H,8,10H2,1-3H3,(H,22,23). The lowest BCUT2D eigenvalue weighted by molar-refractivity contribution is -0.137. The quantitative estimate of drug-likeness (QED) is 0.869. The molecule has 0 atom stereocenters. The second-order valence-corrected chi connectivity index (χ2v) is 6.46. The van der Waals surface area contributed by atoms with Crippen molar-refractivity contribution in [2.75, 3.05) is 13.1 Å². The molecule has 0 fully saturated rings. The SMILES string of the molecule is Cc1nn(-c2ccc(Cl)cc2)cc1C(=O)N(CC(=O)O)CC(C)C. The molecule has 1 aromatic carbocycles. The first kappa shape index (κ1) is 18.0. The minimum atomic E-state index is -1.04. The summed E-state index contributed by atoms with van der Waals surface area (Å²) in [6, 6.07) is 7.08. The molecule has 2 rings (SSSR count). The lowest BCUT2D eigenvalue weighted by atomic mass is 10.1. The van der Waals surface area contributed by atoms with Crippen LogP contribution in [-0.2, 0) is 4.79 Å². The third-order valence-electron chi connectivity index (χ3n) is 3.42. The van der Waals surface area contributed by atoms with Crippen molar-refractivity contribution in [3.8, 4) is 5.69 Å². The van der Waals surface area contributed by atoms with Gasteiger partial charge in [-0.25, -0.2) is 4.68 Å². The summed E-state index contributed by atoms with van der Waals surface area (Å²) in [5, 5.41) is 14.0. The van der Waals surface area contributed by atoms with E-state index in [1.165, 1.54) is 4.90 Å². The summed E-state index contributed by atoms with van der Waals surface area (Å²) in [6.07, 6.45) is 1.62. The monoisotopic (exact) mass is 349 g/mol. The highest BCUT2D eigenvalue weighted by molar-refractivity contribution is 6.30. The van der Waals surface area contributed by atoms with E-state index in [1.807, 2.05) is 13.8 Å². The van der Waals surface area contributed by atoms with E-state index in [0.29, 0.717) is 22.8 Å². The maximum atomic E-state index is 12.7. The van der Waals surface area contributed by atoms with Crippen LogP contribution in [0, 0.1) is 12.8 Å². The van der Waals surface area contributed by atoms with Gasteiger partial charge in [-0.1, -0.05) is 25.4 Å². The average molecular weight is 350 g/mol. The molecule has 0 unspecified atom stereocenters. The molecule has 2 aromatic rings. The topological polar surface area (TPSA) is 75.4 Å². The third-order valence-corrected chi connectivity index (χ3v) is 3.67. The van der Waals surface area contributed by atoms with Crippen LogP contribution in [0.25, 0.3) is 5.69 Å². The molecule has 1 amide bonds. The molecule has 1 heterocycles. The summed E-state index contributed by atoms with van der Waals surface area (Å²) in [4.78, 5) is 25.1. The Morgan fingerprint density at radius 2 is 1.92 bits per heavy atom. The van der Waals surface area contributed by atoms with Gasteiger partial charge in [-0.15, -0.1) is 0 Å². The number of benzene rings is 1. The maximum Gasteiger partial charge on any atom is 0.323 e. The molecule has 128 valence electrons. The van der Waals surface area contributed by atoms with Gasteiger partial charge in [0.05, 0.1) is 16.9 Å². The molecule has 7 heteroatoms. The molecule has 1 N–H and O–H groups in total. The van der Waals surface area contributed by atoms with Crippen molar-refractivity contribution in [2.45, 2.75) is 20.8 Å². The largest absolute Gasteiger partial charge is 0.480 e. The number of carboxylic acids is 1. The van der Waals surface area contributed by atoms with Gasteiger partial charge in [0.2, 0.25) is 0 Å². The number of aliphatic carboxylic acids is 1. The zero-order chi connectivity index (χ0) is 17.9. The van der Waals surface area contributed by atoms with E-state index in [1.54, 1.807) is 42.1 Å². The number of amides is 1. The molecule has 1 aromatic heterocycles. The second-order valence-electron chi connectivity index (χ2n) is 6.02. The molecular formula is C17H20ClN3O3. The van der Waals surface area contributed by atoms with Gasteiger partial charge in [0.25, 0.3) is 5.91 Å². The van der Waals surface area contributed by atoms with Gasteiger partial charge in [-0.3, -0.25) is 9.59 Å². The Bertz CT molecular complexity index is 738. The molecule has 6 nitrogen and oxygen atoms in total. The van der Waals surface area contributed by atoms with Crippen LogP contribution in [0.15, 0.2) is 30.5 Å². The molecule has 0 radical (unpaired) electrons. The van der Waals surface area contributed by atoms with Crippen molar-refractivity contribution in [3.63, 3.8) is 0 Å². The highest BCUT2D eigenvalue weighted by atomic mass is 35.5. The summed E-state index contributed by atoms with van der Waals surface area (Å²) in [5.74, 6) is -1.20. The van der Waals surface area contributed by atoms with Crippen molar-refractivity contribution in [1.29, 1.82) is 0 Å². The van der Waals surface area contributed by atoms with Gasteiger partial charge in [-0.2, -0.15) is 5.10 Å². The van der Waals surface area contributed by atoms with E-state index >= 15 is 0 Å². The second kappa shape index (κ2) is 7.49. The number of halogens is 1. The van der Waals surface area contributed by atoms with Gasteiger partial charge >= 0.3 is 5.97 Å². The van der Waals surface area contributed by atoms with Gasteiger partial charge in [0, 0.05) is 17.8 Å². The van der Waals surface area contributed by atoms with Crippen LogP contribution in [0.1, 0.15) is 29.9 Å². The summed E-state index contributed by atoms with van der Waals surface area (Å²) >= 11 is 5.88. The Kier molecular flexibility index (Phi) is 5.62. The van der Waals surface area contributed by atoms with Crippen LogP contribution >= 0.6 is 11.6 Å². The van der Waals surface area contributed by atoms with Crippen molar-refractivity contribution in [1.82, 2.24) is 14.7 Å². The molecule has 24 heavy (non-hydrogen) atoms. The summed E-state index contributed by atoms with van der Waals surface area (Å²) in [5.41, 5.74) is 1.72. The Labute approximate surface area is 145 Å². The fraction of sp³-hybridized carbons (Fsp3) is 0.353. The van der Waals surface area contributed by atoms with Crippen LogP contribution in [0.2, 0.25) is 5.02 Å². The highest BCUT2D eigenvalue weighted by Gasteiger charge is 2.23. The van der Waals surface area contributed by atoms with Crippen LogP contribution in [0.3, 0.4) is 0 Å². The molecular weight excluding hydrogens is 330 g/mol. The van der Waals surface area contributed by atoms with Crippen LogP contribution in [0.4, 0.5) is 0 Å². The predicted molar refractivity (Wildman–Crippen MR) is 91.7 cm³/mol. The third kappa shape index (κ3) is 4.35. The summed E-state index contributed by atoms with van der Waals surface area (Å²) < 4.78 is 1.59. The first-order valence-corrected chi connectivity index (χ1v) is 7.99. The maximum absolute atomic E-state index is 12.7. The number of aryl methyl sites for hydroxylation is 1. The van der Waals surface area contributed by atoms with Gasteiger partial charge < -0.3 is 10.0 Å². The predicted octanol–water partition coefficient (Wildman–Crippen LogP) is 3.02. The molecule has 0 saturated heterocycles. The number of rotatable bonds is 6. The first-order valence-electron chi connectivity index (χ1n) is 7.61. The number of nitrogens with zero attached hydrogens (tertiary/aromatic N) is 3. The minimum absolute atomic E-state index is 0.167. The van der Waals surface area contributed by atoms with E-state index in [-0.39, 0.29) is 18.4 Å². The molecule has 0 aliphatic rings. The molecule has 0 aliphatic carbocycles. The lowest BCUT2D eigenvalue weighted by Crippen LogP contribution is -2.38. The number of carboxylic acid groups (broad SMARTS) is 1. The van der Waals surface area contributed by atoms with Crippen LogP contribution in [-0.4, -0.2) is 44.8 Å². The van der Waals surface area contributed by atoms with Crippen molar-refractivity contribution in [2.24, 2.45) is 5.92 Å². The zero-order valence-corrected chi connectivity index (χ0v) is 14.6. The van der Waals surface area contributed by atoms with Crippen molar-refractivity contribution < 1.29 is 14.7 Å². The molecule has 0 saturated carbocycles. The van der Waals surface area contributed by atoms with E-state index in [2.05, 4.69) is 5.10 Å². The fourth-order valence-electron chi connectivity index (χ4n) is 2.39. The Morgan fingerprint density at radius 1 is 1.29 bits per heavy atom. The van der Waals surface area contributed by atoms with Gasteiger partial charge in [0.1, 0.15) is 6.54 Å². The van der Waals surface area contributed by atoms with Gasteiger partial charge in [-0.05, 0) is 37.1 Å². The smallest absolute Gasteiger partial charge is 0.323 e. The Balaban J connectivity index is 2.31. The number of carbonyl (C=O) groups excluding carboxylic acids is 1. The van der Waals surface area contributed by atoms with E-state index in [9.17, 15) is 9.59 Å². The molecule has 0 aliphatic heterocycles. The Morgan fingerprint density at radius 3 is 2.46 bits per heavy atom. The van der Waals surface area contributed by atoms with E-state index in [0.717, 1.165) is 5.69 Å². The van der Waals surface area contributed by atoms with E-state index in [4.69, 9.17) is 16.7 Å². The van der Waals surface area contributed by atoms with Gasteiger partial charge in [0.15, 0.2) is 0 Å². The number of carbonyl (C=O) groups is 2. The normalized spacial score (nSPS) is 10.9. The van der Waals surface area contributed by atoms with Crippen LogP contribution in [0.5, 0.6) is 0 Å². The lowest BCUT2D eigenvalue weighted by Gasteiger charge is -2.22. The highest BCUT2D eigenvalue weighted by Crippen LogP contribution is 2.17. The summed E-state index contributed by atoms with van der Waals surface area (Å²) in [7, 11) is 0. The van der Waals surface area contributed by atoms with E-state index < -0.39 is 5.97 Å². The Hall–Kier alpha value is -2.34. The summed E-state index contributed by atoms with van der Waals surface area (Å²) in [6.45, 7) is 5.64. The number of hydrogen-bond donors (Lipinski definition) is 1. The zero-order valence-electron chi connectivity index (χ0n) is 13.9.